The number of esters is 3. The Bertz CT molecular complexity index is 870. The highest BCUT2D eigenvalue weighted by Gasteiger charge is 2.52. The Labute approximate surface area is 193 Å². The minimum atomic E-state index is -1.22. The normalized spacial score (nSPS) is 24.8. The van der Waals surface area contributed by atoms with Gasteiger partial charge in [-0.25, -0.2) is 0 Å². The van der Waals surface area contributed by atoms with Crippen LogP contribution < -0.4 is 4.74 Å². The molecule has 1 aromatic carbocycles. The number of carboxylic acid groups (broad SMARTS) is 1. The first-order chi connectivity index (χ1) is 15.0. The van der Waals surface area contributed by atoms with Crippen LogP contribution in [0.4, 0.5) is 0 Å². The average molecular weight is 517 g/mol. The number of rotatable bonds is 8. The predicted octanol–water partition coefficient (Wildman–Crippen LogP) is 2.38. The molecule has 176 valence electrons. The van der Waals surface area contributed by atoms with Crippen LogP contribution in [0.3, 0.4) is 0 Å². The molecule has 0 radical (unpaired) electrons. The number of aryl methyl sites for hydroxylation is 1. The lowest BCUT2D eigenvalue weighted by Gasteiger charge is -2.44. The van der Waals surface area contributed by atoms with Crippen LogP contribution >= 0.6 is 15.9 Å². The average Bonchev–Trinajstić information content (AvgIpc) is 2.65. The number of benzene rings is 1. The van der Waals surface area contributed by atoms with Gasteiger partial charge >= 0.3 is 23.9 Å². The highest BCUT2D eigenvalue weighted by atomic mass is 79.9. The van der Waals surface area contributed by atoms with Gasteiger partial charge in [0.05, 0.1) is 12.3 Å². The Kier molecular flexibility index (Phi) is 9.02. The maximum atomic E-state index is 11.8. The summed E-state index contributed by atoms with van der Waals surface area (Å²) in [4.78, 5) is 46.5. The molecule has 5 atom stereocenters. The SMILES string of the molecule is CC(=O)OCC1OC(Oc2ccc(Br)cc2C)C(CC(=O)O)C(OC(C)=O)C1OC(C)=O. The predicted molar refractivity (Wildman–Crippen MR) is 112 cm³/mol. The summed E-state index contributed by atoms with van der Waals surface area (Å²) in [5.74, 6) is -3.84. The van der Waals surface area contributed by atoms with Gasteiger partial charge in [-0.05, 0) is 30.7 Å². The van der Waals surface area contributed by atoms with Crippen molar-refractivity contribution in [3.8, 4) is 5.75 Å². The van der Waals surface area contributed by atoms with Gasteiger partial charge < -0.3 is 28.8 Å². The Morgan fingerprint density at radius 2 is 1.66 bits per heavy atom. The molecular formula is C21H25BrO10. The third kappa shape index (κ3) is 7.20. The van der Waals surface area contributed by atoms with Crippen LogP contribution in [-0.2, 0) is 38.1 Å². The summed E-state index contributed by atoms with van der Waals surface area (Å²) >= 11 is 3.36. The van der Waals surface area contributed by atoms with E-state index < -0.39 is 60.8 Å². The van der Waals surface area contributed by atoms with Crippen LogP contribution in [0.15, 0.2) is 22.7 Å². The summed E-state index contributed by atoms with van der Waals surface area (Å²) < 4.78 is 28.4. The molecule has 0 aromatic heterocycles. The summed E-state index contributed by atoms with van der Waals surface area (Å²) in [5, 5.41) is 9.47. The van der Waals surface area contributed by atoms with E-state index in [2.05, 4.69) is 15.9 Å². The van der Waals surface area contributed by atoms with Gasteiger partial charge in [-0.1, -0.05) is 15.9 Å². The number of carboxylic acids is 1. The van der Waals surface area contributed by atoms with Crippen molar-refractivity contribution >= 4 is 39.8 Å². The van der Waals surface area contributed by atoms with E-state index in [4.69, 9.17) is 23.7 Å². The van der Waals surface area contributed by atoms with E-state index in [0.717, 1.165) is 23.9 Å². The molecule has 1 aromatic rings. The zero-order chi connectivity index (χ0) is 24.0. The van der Waals surface area contributed by atoms with Crippen LogP contribution in [0.1, 0.15) is 32.8 Å². The second-order valence-electron chi connectivity index (χ2n) is 7.28. The molecule has 10 nitrogen and oxygen atoms in total. The van der Waals surface area contributed by atoms with Crippen molar-refractivity contribution in [3.63, 3.8) is 0 Å². The second kappa shape index (κ2) is 11.3. The molecule has 0 bridgehead atoms. The number of carbonyl (C=O) groups excluding carboxylic acids is 3. The fourth-order valence-corrected chi connectivity index (χ4v) is 3.85. The minimum absolute atomic E-state index is 0.329. The van der Waals surface area contributed by atoms with E-state index >= 15 is 0 Å². The standard InChI is InChI=1S/C21H25BrO10/c1-10-7-14(22)5-6-16(10)31-21-15(8-18(26)27)19(29-12(3)24)20(30-13(4)25)17(32-21)9-28-11(2)23/h5-7,15,17,19-21H,8-9H2,1-4H3,(H,26,27). The Hall–Kier alpha value is -2.66. The lowest BCUT2D eigenvalue weighted by molar-refractivity contribution is -0.271. The Morgan fingerprint density at radius 3 is 2.19 bits per heavy atom. The summed E-state index contributed by atoms with van der Waals surface area (Å²) in [6.07, 6.45) is -5.22. The molecule has 1 aliphatic heterocycles. The van der Waals surface area contributed by atoms with Crippen LogP contribution in [0.2, 0.25) is 0 Å². The molecule has 0 saturated carbocycles. The zero-order valence-corrected chi connectivity index (χ0v) is 19.6. The lowest BCUT2D eigenvalue weighted by Crippen LogP contribution is -2.60. The number of hydrogen-bond donors (Lipinski definition) is 1. The van der Waals surface area contributed by atoms with Crippen molar-refractivity contribution in [2.24, 2.45) is 5.92 Å². The number of hydrogen-bond acceptors (Lipinski definition) is 9. The van der Waals surface area contributed by atoms with E-state index in [-0.39, 0.29) is 6.61 Å². The van der Waals surface area contributed by atoms with Gasteiger partial charge in [-0.3, -0.25) is 19.2 Å². The molecule has 0 amide bonds. The number of ether oxygens (including phenoxy) is 5. The van der Waals surface area contributed by atoms with Gasteiger partial charge in [0.25, 0.3) is 0 Å². The second-order valence-corrected chi connectivity index (χ2v) is 8.20. The Morgan fingerprint density at radius 1 is 1.03 bits per heavy atom. The molecule has 5 unspecified atom stereocenters. The van der Waals surface area contributed by atoms with Gasteiger partial charge in [0.2, 0.25) is 6.29 Å². The van der Waals surface area contributed by atoms with Crippen LogP contribution in [-0.4, -0.2) is 60.2 Å². The van der Waals surface area contributed by atoms with Crippen molar-refractivity contribution in [1.82, 2.24) is 0 Å². The van der Waals surface area contributed by atoms with Gasteiger partial charge in [0, 0.05) is 25.2 Å². The summed E-state index contributed by atoms with van der Waals surface area (Å²) in [6, 6.07) is 5.20. The highest BCUT2D eigenvalue weighted by Crippen LogP contribution is 2.35. The van der Waals surface area contributed by atoms with Crippen molar-refractivity contribution < 1.29 is 48.0 Å². The molecule has 2 rings (SSSR count). The summed E-state index contributed by atoms with van der Waals surface area (Å²) in [5.41, 5.74) is 0.736. The third-order valence-corrected chi connectivity index (χ3v) is 5.11. The quantitative estimate of drug-likeness (QED) is 0.405. The lowest BCUT2D eigenvalue weighted by atomic mass is 9.87. The van der Waals surface area contributed by atoms with Gasteiger partial charge in [0.15, 0.2) is 12.2 Å². The van der Waals surface area contributed by atoms with Crippen molar-refractivity contribution in [3.05, 3.63) is 28.2 Å². The largest absolute Gasteiger partial charge is 0.481 e. The molecule has 1 saturated heterocycles. The topological polar surface area (TPSA) is 135 Å². The first-order valence-electron chi connectivity index (χ1n) is 9.75. The fourth-order valence-electron chi connectivity index (χ4n) is 3.37. The van der Waals surface area contributed by atoms with E-state index in [1.165, 1.54) is 6.92 Å². The van der Waals surface area contributed by atoms with Crippen molar-refractivity contribution in [1.29, 1.82) is 0 Å². The zero-order valence-electron chi connectivity index (χ0n) is 18.0. The van der Waals surface area contributed by atoms with E-state index in [9.17, 15) is 24.3 Å². The van der Waals surface area contributed by atoms with E-state index in [1.54, 1.807) is 25.1 Å². The Balaban J connectivity index is 2.47. The molecule has 0 aliphatic carbocycles. The molecule has 0 spiro atoms. The molecule has 1 N–H and O–H groups in total. The third-order valence-electron chi connectivity index (χ3n) is 4.62. The maximum Gasteiger partial charge on any atom is 0.304 e. The number of halogens is 1. The molecule has 32 heavy (non-hydrogen) atoms. The van der Waals surface area contributed by atoms with E-state index in [0.29, 0.717) is 5.75 Å². The minimum Gasteiger partial charge on any atom is -0.481 e. The van der Waals surface area contributed by atoms with E-state index in [1.807, 2.05) is 0 Å². The van der Waals surface area contributed by atoms with Gasteiger partial charge in [-0.2, -0.15) is 0 Å². The number of aliphatic carboxylic acids is 1. The molecule has 1 heterocycles. The fraction of sp³-hybridized carbons (Fsp3) is 0.524. The highest BCUT2D eigenvalue weighted by molar-refractivity contribution is 9.10. The molecular weight excluding hydrogens is 492 g/mol. The first-order valence-corrected chi connectivity index (χ1v) is 10.5. The maximum absolute atomic E-state index is 11.8. The van der Waals surface area contributed by atoms with Crippen molar-refractivity contribution in [2.45, 2.75) is 58.7 Å². The van der Waals surface area contributed by atoms with Crippen LogP contribution in [0, 0.1) is 12.8 Å². The molecule has 1 fully saturated rings. The van der Waals surface area contributed by atoms with Crippen molar-refractivity contribution in [2.75, 3.05) is 6.61 Å². The van der Waals surface area contributed by atoms with Gasteiger partial charge in [-0.15, -0.1) is 0 Å². The first kappa shape index (κ1) is 25.6. The monoisotopic (exact) mass is 516 g/mol. The summed E-state index contributed by atoms with van der Waals surface area (Å²) in [7, 11) is 0. The molecule has 11 heteroatoms. The smallest absolute Gasteiger partial charge is 0.304 e. The van der Waals surface area contributed by atoms with Crippen LogP contribution in [0.25, 0.3) is 0 Å². The van der Waals surface area contributed by atoms with Gasteiger partial charge in [0.1, 0.15) is 18.5 Å². The van der Waals surface area contributed by atoms with Crippen LogP contribution in [0.5, 0.6) is 5.75 Å². The molecule has 1 aliphatic rings. The summed E-state index contributed by atoms with van der Waals surface area (Å²) in [6.45, 7) is 4.95. The number of carbonyl (C=O) groups is 4.